The summed E-state index contributed by atoms with van der Waals surface area (Å²) in [5.41, 5.74) is 1.10. The molecule has 43 heavy (non-hydrogen) atoms. The number of carbonyl (C=O) groups excluding carboxylic acids is 1. The number of carbonyl (C=O) groups is 2. The molecule has 0 radical (unpaired) electrons. The zero-order chi connectivity index (χ0) is 29.8. The maximum Gasteiger partial charge on any atom is 0.307 e. The second kappa shape index (κ2) is 11.1. The molecule has 224 valence electrons. The predicted octanol–water partition coefficient (Wildman–Crippen LogP) is 5.09. The number of thiophene rings is 1. The van der Waals surface area contributed by atoms with Gasteiger partial charge in [-0.05, 0) is 75.1 Å². The molecular formula is C31H32F2N6O3S. The number of aromatic nitrogens is 4. The molecule has 12 heteroatoms. The lowest BCUT2D eigenvalue weighted by Gasteiger charge is -2.46. The van der Waals surface area contributed by atoms with Crippen LogP contribution in [0.3, 0.4) is 0 Å². The largest absolute Gasteiger partial charge is 0.481 e. The number of aliphatic carboxylic acids is 1. The zero-order valence-corrected chi connectivity index (χ0v) is 24.5. The van der Waals surface area contributed by atoms with Gasteiger partial charge in [0.2, 0.25) is 0 Å². The molecule has 1 aliphatic heterocycles. The van der Waals surface area contributed by atoms with Crippen molar-refractivity contribution in [3.63, 3.8) is 0 Å². The summed E-state index contributed by atoms with van der Waals surface area (Å²) >= 11 is 1.18. The lowest BCUT2D eigenvalue weighted by molar-refractivity contribution is -0.152. The van der Waals surface area contributed by atoms with Gasteiger partial charge in [-0.1, -0.05) is 0 Å². The molecule has 2 unspecified atom stereocenters. The molecule has 1 amide bonds. The average molecular weight is 607 g/mol. The summed E-state index contributed by atoms with van der Waals surface area (Å²) in [6, 6.07) is 4.73. The minimum absolute atomic E-state index is 0.0500. The number of pyridine rings is 1. The molecule has 2 N–H and O–H groups in total. The van der Waals surface area contributed by atoms with Crippen LogP contribution in [-0.4, -0.2) is 79.9 Å². The van der Waals surface area contributed by atoms with Gasteiger partial charge in [-0.2, -0.15) is 0 Å². The second-order valence-electron chi connectivity index (χ2n) is 12.1. The Hall–Kier alpha value is -3.77. The molecule has 4 fully saturated rings. The van der Waals surface area contributed by atoms with Crippen LogP contribution < -0.4 is 0 Å². The van der Waals surface area contributed by atoms with E-state index in [4.69, 9.17) is 0 Å². The molecule has 9 nitrogen and oxygen atoms in total. The summed E-state index contributed by atoms with van der Waals surface area (Å²) < 4.78 is 30.6. The van der Waals surface area contributed by atoms with Crippen LogP contribution in [0.4, 0.5) is 8.78 Å². The number of aromatic amines is 1. The third-order valence-corrected chi connectivity index (χ3v) is 10.7. The van der Waals surface area contributed by atoms with Gasteiger partial charge in [0.15, 0.2) is 11.6 Å². The van der Waals surface area contributed by atoms with Crippen molar-refractivity contribution in [2.45, 2.75) is 32.1 Å². The summed E-state index contributed by atoms with van der Waals surface area (Å²) in [6.07, 6.45) is 6.53. The number of hydrogen-bond acceptors (Lipinski definition) is 7. The van der Waals surface area contributed by atoms with Gasteiger partial charge in [0.25, 0.3) is 5.91 Å². The van der Waals surface area contributed by atoms with Gasteiger partial charge >= 0.3 is 5.97 Å². The smallest absolute Gasteiger partial charge is 0.307 e. The van der Waals surface area contributed by atoms with Gasteiger partial charge in [-0.25, -0.2) is 23.7 Å². The first-order valence-corrected chi connectivity index (χ1v) is 15.6. The van der Waals surface area contributed by atoms with Crippen molar-refractivity contribution in [3.8, 4) is 22.0 Å². The fourth-order valence-electron chi connectivity index (χ4n) is 7.30. The fourth-order valence-corrected chi connectivity index (χ4v) is 8.26. The summed E-state index contributed by atoms with van der Waals surface area (Å²) in [5, 5.41) is 10.6. The molecule has 4 aromatic heterocycles. The van der Waals surface area contributed by atoms with Crippen molar-refractivity contribution in [3.05, 3.63) is 52.8 Å². The number of carboxylic acid groups (broad SMARTS) is 1. The maximum atomic E-state index is 16.4. The fraction of sp³-hybridized carbons (Fsp3) is 0.452. The Morgan fingerprint density at radius 2 is 1.81 bits per heavy atom. The monoisotopic (exact) mass is 606 g/mol. The van der Waals surface area contributed by atoms with Gasteiger partial charge in [0, 0.05) is 43.3 Å². The topological polar surface area (TPSA) is 115 Å². The Morgan fingerprint density at radius 3 is 2.56 bits per heavy atom. The number of nitrogens with zero attached hydrogens (tertiary/aromatic N) is 5. The standard InChI is InChI=1S/C31H32F2N6O3S/c1-38-8-10-39(11-9-38)30(40)24-7-6-23(43-24)27-26(33)22(13-19-16-2-4-17(5-3-16)25(19)31(41)42)36-29(37-27)21-15-35-28-20(21)12-18(32)14-34-28/h6-7,12,14-17,19,25H,2-5,8-11,13H2,1H3,(H,34,35)(H,41,42). The van der Waals surface area contributed by atoms with E-state index in [-0.39, 0.29) is 47.3 Å². The van der Waals surface area contributed by atoms with E-state index in [0.29, 0.717) is 39.4 Å². The molecule has 0 aromatic carbocycles. The van der Waals surface area contributed by atoms with Crippen molar-refractivity contribution in [1.29, 1.82) is 0 Å². The third kappa shape index (κ3) is 5.10. The third-order valence-electron chi connectivity index (χ3n) is 9.60. The van der Waals surface area contributed by atoms with Crippen LogP contribution in [0.5, 0.6) is 0 Å². The number of hydrogen-bond donors (Lipinski definition) is 2. The van der Waals surface area contributed by atoms with Crippen LogP contribution in [0.25, 0.3) is 33.0 Å². The molecule has 3 saturated carbocycles. The van der Waals surface area contributed by atoms with Crippen molar-refractivity contribution >= 4 is 34.2 Å². The Labute approximate surface area is 251 Å². The highest BCUT2D eigenvalue weighted by molar-refractivity contribution is 7.17. The average Bonchev–Trinajstić information content (AvgIpc) is 3.66. The molecule has 2 atom stereocenters. The molecular weight excluding hydrogens is 574 g/mol. The van der Waals surface area contributed by atoms with Gasteiger partial charge in [-0.15, -0.1) is 11.3 Å². The summed E-state index contributed by atoms with van der Waals surface area (Å²) in [6.45, 7) is 2.83. The van der Waals surface area contributed by atoms with Gasteiger partial charge < -0.3 is 19.9 Å². The van der Waals surface area contributed by atoms with E-state index in [1.807, 2.05) is 7.05 Å². The number of fused-ring (bicyclic) bond motifs is 4. The van der Waals surface area contributed by atoms with E-state index in [2.05, 4.69) is 24.8 Å². The lowest BCUT2D eigenvalue weighted by atomic mass is 9.57. The number of rotatable bonds is 6. The van der Waals surface area contributed by atoms with Crippen LogP contribution in [0, 0.1) is 35.3 Å². The number of carboxylic acids is 1. The Kier molecular flexibility index (Phi) is 7.21. The molecule has 1 saturated heterocycles. The lowest BCUT2D eigenvalue weighted by Crippen LogP contribution is -2.46. The first-order valence-electron chi connectivity index (χ1n) is 14.8. The van der Waals surface area contributed by atoms with Crippen LogP contribution in [0.2, 0.25) is 0 Å². The molecule has 4 aliphatic rings. The molecule has 4 aromatic rings. The van der Waals surface area contributed by atoms with Gasteiger partial charge in [0.05, 0.1) is 27.6 Å². The Balaban J connectivity index is 1.30. The molecule has 3 aliphatic carbocycles. The van der Waals surface area contributed by atoms with Crippen molar-refractivity contribution in [1.82, 2.24) is 29.7 Å². The summed E-state index contributed by atoms with van der Waals surface area (Å²) in [7, 11) is 2.02. The van der Waals surface area contributed by atoms with E-state index in [9.17, 15) is 19.1 Å². The second-order valence-corrected chi connectivity index (χ2v) is 13.2. The van der Waals surface area contributed by atoms with E-state index < -0.39 is 23.5 Å². The van der Waals surface area contributed by atoms with Crippen molar-refractivity contribution < 1.29 is 23.5 Å². The zero-order valence-electron chi connectivity index (χ0n) is 23.7. The number of halogens is 2. The summed E-state index contributed by atoms with van der Waals surface area (Å²) in [5.74, 6) is -2.39. The SMILES string of the molecule is CN1CCN(C(=O)c2ccc(-c3nc(-c4c[nH]c5ncc(F)cc45)nc(CC4C5CCC(CC5)C4C(=O)O)c3F)s2)CC1. The molecule has 5 heterocycles. The normalized spacial score (nSPS) is 24.1. The molecule has 2 bridgehead atoms. The van der Waals surface area contributed by atoms with Crippen LogP contribution in [0.15, 0.2) is 30.6 Å². The number of piperazine rings is 1. The number of H-pyrrole nitrogens is 1. The van der Waals surface area contributed by atoms with Gasteiger partial charge in [0.1, 0.15) is 17.2 Å². The summed E-state index contributed by atoms with van der Waals surface area (Å²) in [4.78, 5) is 46.9. The highest BCUT2D eigenvalue weighted by atomic mass is 32.1. The quantitative estimate of drug-likeness (QED) is 0.314. The van der Waals surface area contributed by atoms with Crippen LogP contribution >= 0.6 is 11.3 Å². The van der Waals surface area contributed by atoms with Crippen molar-refractivity contribution in [2.24, 2.45) is 23.7 Å². The van der Waals surface area contributed by atoms with Crippen LogP contribution in [-0.2, 0) is 11.2 Å². The van der Waals surface area contributed by atoms with Gasteiger partial charge in [-0.3, -0.25) is 9.59 Å². The predicted molar refractivity (Wildman–Crippen MR) is 158 cm³/mol. The number of amides is 1. The number of nitrogens with one attached hydrogen (secondary N) is 1. The van der Waals surface area contributed by atoms with Crippen molar-refractivity contribution in [2.75, 3.05) is 33.2 Å². The van der Waals surface area contributed by atoms with E-state index >= 15 is 4.39 Å². The Bertz CT molecular complexity index is 1710. The Morgan fingerprint density at radius 1 is 1.07 bits per heavy atom. The molecule has 8 rings (SSSR count). The maximum absolute atomic E-state index is 16.4. The van der Waals surface area contributed by atoms with Crippen LogP contribution in [0.1, 0.15) is 41.0 Å². The van der Waals surface area contributed by atoms with E-state index in [0.717, 1.165) is 45.0 Å². The minimum Gasteiger partial charge on any atom is -0.481 e. The first-order chi connectivity index (χ1) is 20.8. The minimum atomic E-state index is -0.835. The highest BCUT2D eigenvalue weighted by Gasteiger charge is 2.47. The first kappa shape index (κ1) is 28.0. The molecule has 0 spiro atoms. The number of likely N-dealkylation sites (N-methyl/N-ethyl adjacent to an activating group) is 1. The van der Waals surface area contributed by atoms with E-state index in [1.54, 1.807) is 23.2 Å². The van der Waals surface area contributed by atoms with E-state index in [1.165, 1.54) is 17.4 Å². The highest BCUT2D eigenvalue weighted by Crippen LogP contribution is 2.50.